The summed E-state index contributed by atoms with van der Waals surface area (Å²) in [7, 11) is 3.28. The molecule has 0 bridgehead atoms. The van der Waals surface area contributed by atoms with Crippen LogP contribution in [0.2, 0.25) is 5.02 Å². The number of halogens is 1. The van der Waals surface area contributed by atoms with Crippen LogP contribution in [0.25, 0.3) is 27.7 Å². The van der Waals surface area contributed by atoms with Crippen LogP contribution in [-0.4, -0.2) is 39.2 Å². The molecule has 0 radical (unpaired) electrons. The molecule has 5 aromatic rings. The van der Waals surface area contributed by atoms with Gasteiger partial charge in [-0.3, -0.25) is 0 Å². The molecule has 8 nitrogen and oxygen atoms in total. The smallest absolute Gasteiger partial charge is 0.138 e. The predicted octanol–water partition coefficient (Wildman–Crippen LogP) is 5.16. The fraction of sp³-hybridized carbons (Fsp3) is 0.120. The van der Waals surface area contributed by atoms with Gasteiger partial charge in [0.1, 0.15) is 24.2 Å². The zero-order valence-electron chi connectivity index (χ0n) is 18.6. The molecule has 3 aromatic carbocycles. The van der Waals surface area contributed by atoms with Crippen molar-refractivity contribution >= 4 is 28.2 Å². The molecule has 0 atom stereocenters. The van der Waals surface area contributed by atoms with E-state index in [1.807, 2.05) is 54.6 Å². The Hall–Kier alpha value is -4.17. The highest BCUT2D eigenvalue weighted by Gasteiger charge is 2.12. The van der Waals surface area contributed by atoms with E-state index in [1.165, 1.54) is 6.33 Å². The first-order chi connectivity index (χ1) is 16.7. The summed E-state index contributed by atoms with van der Waals surface area (Å²) in [6.07, 6.45) is 4.88. The number of hydrogen-bond donors (Lipinski definition) is 1. The van der Waals surface area contributed by atoms with Crippen molar-refractivity contribution in [3.8, 4) is 28.3 Å². The van der Waals surface area contributed by atoms with Gasteiger partial charge in [0.15, 0.2) is 0 Å². The van der Waals surface area contributed by atoms with Gasteiger partial charge in [-0.15, -0.1) is 0 Å². The lowest BCUT2D eigenvalue weighted by atomic mass is 10.0. The standard InChI is InChI=1S/C25H21ClN6O2/c1-33-19-6-3-17(25(11-19)34-2)12-28-23-13-29-31-22-9-16(4-7-20(22)23)21-10-18(26)5-8-24(21)32-15-27-14-30-32/h3-11,13-15H,12H2,1-2H3,(H,28,31). The molecule has 2 heterocycles. The number of benzene rings is 3. The Labute approximate surface area is 201 Å². The van der Waals surface area contributed by atoms with Gasteiger partial charge < -0.3 is 14.8 Å². The molecule has 0 amide bonds. The molecule has 2 aromatic heterocycles. The van der Waals surface area contributed by atoms with Gasteiger partial charge in [0, 0.05) is 34.1 Å². The summed E-state index contributed by atoms with van der Waals surface area (Å²) in [6, 6.07) is 17.5. The van der Waals surface area contributed by atoms with Crippen molar-refractivity contribution in [2.75, 3.05) is 19.5 Å². The Balaban J connectivity index is 1.48. The third kappa shape index (κ3) is 4.23. The van der Waals surface area contributed by atoms with Gasteiger partial charge >= 0.3 is 0 Å². The lowest BCUT2D eigenvalue weighted by Crippen LogP contribution is -2.03. The van der Waals surface area contributed by atoms with E-state index in [2.05, 4.69) is 25.6 Å². The van der Waals surface area contributed by atoms with E-state index >= 15 is 0 Å². The molecule has 34 heavy (non-hydrogen) atoms. The van der Waals surface area contributed by atoms with Crippen molar-refractivity contribution in [1.82, 2.24) is 25.0 Å². The van der Waals surface area contributed by atoms with Gasteiger partial charge in [0.25, 0.3) is 0 Å². The molecule has 0 spiro atoms. The van der Waals surface area contributed by atoms with Gasteiger partial charge in [0.05, 0.1) is 37.3 Å². The van der Waals surface area contributed by atoms with E-state index in [4.69, 9.17) is 21.1 Å². The van der Waals surface area contributed by atoms with Crippen molar-refractivity contribution in [2.45, 2.75) is 6.54 Å². The summed E-state index contributed by atoms with van der Waals surface area (Å²) in [5.41, 5.74) is 5.37. The number of fused-ring (bicyclic) bond motifs is 1. The maximum atomic E-state index is 6.31. The van der Waals surface area contributed by atoms with Crippen LogP contribution in [0.5, 0.6) is 11.5 Å². The lowest BCUT2D eigenvalue weighted by molar-refractivity contribution is 0.391. The minimum atomic E-state index is 0.556. The van der Waals surface area contributed by atoms with E-state index in [9.17, 15) is 0 Å². The van der Waals surface area contributed by atoms with E-state index in [-0.39, 0.29) is 0 Å². The number of methoxy groups -OCH3 is 2. The zero-order chi connectivity index (χ0) is 23.5. The monoisotopic (exact) mass is 472 g/mol. The van der Waals surface area contributed by atoms with Crippen LogP contribution in [0.15, 0.2) is 73.4 Å². The predicted molar refractivity (Wildman–Crippen MR) is 132 cm³/mol. The maximum Gasteiger partial charge on any atom is 0.138 e. The van der Waals surface area contributed by atoms with Crippen LogP contribution < -0.4 is 14.8 Å². The molecular formula is C25H21ClN6O2. The van der Waals surface area contributed by atoms with Crippen LogP contribution in [0.3, 0.4) is 0 Å². The van der Waals surface area contributed by atoms with Crippen molar-refractivity contribution in [2.24, 2.45) is 0 Å². The van der Waals surface area contributed by atoms with E-state index < -0.39 is 0 Å². The highest BCUT2D eigenvalue weighted by atomic mass is 35.5. The first kappa shape index (κ1) is 21.7. The summed E-state index contributed by atoms with van der Waals surface area (Å²) in [4.78, 5) is 4.06. The summed E-state index contributed by atoms with van der Waals surface area (Å²) in [6.45, 7) is 0.556. The summed E-state index contributed by atoms with van der Waals surface area (Å²) < 4.78 is 12.5. The van der Waals surface area contributed by atoms with E-state index in [0.717, 1.165) is 50.5 Å². The number of aromatic nitrogens is 5. The highest BCUT2D eigenvalue weighted by Crippen LogP contribution is 2.33. The molecule has 0 unspecified atom stereocenters. The molecule has 0 aliphatic heterocycles. The number of nitrogens with zero attached hydrogens (tertiary/aromatic N) is 5. The van der Waals surface area contributed by atoms with Crippen LogP contribution in [0.4, 0.5) is 5.69 Å². The molecule has 170 valence electrons. The maximum absolute atomic E-state index is 6.31. The average molecular weight is 473 g/mol. The number of hydrogen-bond acceptors (Lipinski definition) is 7. The van der Waals surface area contributed by atoms with Crippen molar-refractivity contribution in [3.05, 3.63) is 84.0 Å². The third-order valence-electron chi connectivity index (χ3n) is 5.54. The van der Waals surface area contributed by atoms with Crippen LogP contribution in [0, 0.1) is 0 Å². The Morgan fingerprint density at radius 2 is 1.91 bits per heavy atom. The topological polar surface area (TPSA) is 87.0 Å². The molecular weight excluding hydrogens is 452 g/mol. The minimum Gasteiger partial charge on any atom is -0.497 e. The summed E-state index contributed by atoms with van der Waals surface area (Å²) in [5.74, 6) is 1.50. The zero-order valence-corrected chi connectivity index (χ0v) is 19.3. The Bertz CT molecular complexity index is 1460. The van der Waals surface area contributed by atoms with Crippen molar-refractivity contribution < 1.29 is 9.47 Å². The van der Waals surface area contributed by atoms with E-state index in [0.29, 0.717) is 11.6 Å². The molecule has 0 saturated carbocycles. The molecule has 0 saturated heterocycles. The van der Waals surface area contributed by atoms with Crippen LogP contribution in [0.1, 0.15) is 5.56 Å². The Kier molecular flexibility index (Phi) is 5.97. The van der Waals surface area contributed by atoms with Gasteiger partial charge in [0.2, 0.25) is 0 Å². The SMILES string of the molecule is COc1ccc(CNc2cnnc3cc(-c4cc(Cl)ccc4-n4cncn4)ccc23)c(OC)c1. The first-order valence-corrected chi connectivity index (χ1v) is 10.9. The molecule has 1 N–H and O–H groups in total. The number of nitrogens with one attached hydrogen (secondary N) is 1. The molecule has 5 rings (SSSR count). The second-order valence-electron chi connectivity index (χ2n) is 7.52. The largest absolute Gasteiger partial charge is 0.497 e. The van der Waals surface area contributed by atoms with E-state index in [1.54, 1.807) is 31.4 Å². The van der Waals surface area contributed by atoms with Gasteiger partial charge in [-0.05, 0) is 48.0 Å². The number of ether oxygens (including phenoxy) is 2. The summed E-state index contributed by atoms with van der Waals surface area (Å²) >= 11 is 6.31. The first-order valence-electron chi connectivity index (χ1n) is 10.5. The summed E-state index contributed by atoms with van der Waals surface area (Å²) in [5, 5.41) is 17.9. The van der Waals surface area contributed by atoms with Crippen molar-refractivity contribution in [3.63, 3.8) is 0 Å². The van der Waals surface area contributed by atoms with Gasteiger partial charge in [-0.1, -0.05) is 17.7 Å². The van der Waals surface area contributed by atoms with Crippen LogP contribution in [-0.2, 0) is 6.54 Å². The normalized spacial score (nSPS) is 10.9. The third-order valence-corrected chi connectivity index (χ3v) is 5.77. The van der Waals surface area contributed by atoms with Gasteiger partial charge in [-0.25, -0.2) is 9.67 Å². The molecule has 0 aliphatic rings. The lowest BCUT2D eigenvalue weighted by Gasteiger charge is -2.14. The minimum absolute atomic E-state index is 0.556. The highest BCUT2D eigenvalue weighted by molar-refractivity contribution is 6.31. The average Bonchev–Trinajstić information content (AvgIpc) is 3.41. The Morgan fingerprint density at radius 3 is 2.71 bits per heavy atom. The Morgan fingerprint density at radius 1 is 1.00 bits per heavy atom. The molecule has 0 aliphatic carbocycles. The fourth-order valence-corrected chi connectivity index (χ4v) is 4.00. The number of anilines is 1. The molecule has 0 fully saturated rings. The van der Waals surface area contributed by atoms with Crippen molar-refractivity contribution in [1.29, 1.82) is 0 Å². The quantitative estimate of drug-likeness (QED) is 0.350. The second kappa shape index (κ2) is 9.36. The number of rotatable bonds is 7. The van der Waals surface area contributed by atoms with Gasteiger partial charge in [-0.2, -0.15) is 15.3 Å². The van der Waals surface area contributed by atoms with Crippen LogP contribution >= 0.6 is 11.6 Å². The fourth-order valence-electron chi connectivity index (χ4n) is 3.83. The molecule has 9 heteroatoms. The second-order valence-corrected chi connectivity index (χ2v) is 7.96.